The number of benzene rings is 2. The zero-order valence-electron chi connectivity index (χ0n) is 12.7. The number of nitrogens with zero attached hydrogens (tertiary/aromatic N) is 1. The van der Waals surface area contributed by atoms with Crippen molar-refractivity contribution >= 4 is 22.6 Å². The summed E-state index contributed by atoms with van der Waals surface area (Å²) in [6.45, 7) is 0.388. The molecular formula is C18H17N3O2. The van der Waals surface area contributed by atoms with Gasteiger partial charge in [-0.15, -0.1) is 0 Å². The second-order valence-corrected chi connectivity index (χ2v) is 5.00. The zero-order valence-corrected chi connectivity index (χ0v) is 12.7. The largest absolute Gasteiger partial charge is 0.496 e. The number of methoxy groups -OCH3 is 1. The Morgan fingerprint density at radius 3 is 2.83 bits per heavy atom. The van der Waals surface area contributed by atoms with Gasteiger partial charge in [-0.1, -0.05) is 24.3 Å². The number of ether oxygens (including phenoxy) is 1. The number of rotatable bonds is 4. The second-order valence-electron chi connectivity index (χ2n) is 5.00. The molecule has 0 aliphatic heterocycles. The van der Waals surface area contributed by atoms with E-state index in [2.05, 4.69) is 15.6 Å². The number of hydrogen-bond acceptors (Lipinski definition) is 3. The standard InChI is InChI=1S/C18H17N3O2/c1-23-17-10-3-2-6-13(17)12-20-18(22)21-16-9-4-8-15-14(16)7-5-11-19-15/h2-11H,12H2,1H3,(H2,20,21,22). The Labute approximate surface area is 134 Å². The van der Waals surface area contributed by atoms with Crippen LogP contribution >= 0.6 is 0 Å². The van der Waals surface area contributed by atoms with Crippen LogP contribution in [-0.4, -0.2) is 18.1 Å². The molecule has 5 heteroatoms. The van der Waals surface area contributed by atoms with Gasteiger partial charge in [0.2, 0.25) is 0 Å². The summed E-state index contributed by atoms with van der Waals surface area (Å²) in [5, 5.41) is 6.60. The van der Waals surface area contributed by atoms with E-state index in [1.165, 1.54) is 0 Å². The molecule has 0 bridgehead atoms. The fourth-order valence-corrected chi connectivity index (χ4v) is 2.40. The van der Waals surface area contributed by atoms with E-state index in [9.17, 15) is 4.79 Å². The average Bonchev–Trinajstić information content (AvgIpc) is 2.60. The number of para-hydroxylation sites is 1. The molecule has 0 saturated heterocycles. The fourth-order valence-electron chi connectivity index (χ4n) is 2.40. The third-order valence-corrected chi connectivity index (χ3v) is 3.53. The maximum atomic E-state index is 12.1. The van der Waals surface area contributed by atoms with Gasteiger partial charge in [0.25, 0.3) is 0 Å². The van der Waals surface area contributed by atoms with Crippen molar-refractivity contribution < 1.29 is 9.53 Å². The van der Waals surface area contributed by atoms with Crippen LogP contribution in [0.3, 0.4) is 0 Å². The summed E-state index contributed by atoms with van der Waals surface area (Å²) in [5.74, 6) is 0.752. The summed E-state index contributed by atoms with van der Waals surface area (Å²) in [6.07, 6.45) is 1.73. The molecule has 0 radical (unpaired) electrons. The SMILES string of the molecule is COc1ccccc1CNC(=O)Nc1cccc2ncccc12. The number of urea groups is 1. The Balaban J connectivity index is 1.69. The first-order valence-electron chi connectivity index (χ1n) is 7.28. The second kappa shape index (κ2) is 6.79. The van der Waals surface area contributed by atoms with Crippen molar-refractivity contribution in [3.8, 4) is 5.75 Å². The van der Waals surface area contributed by atoms with Gasteiger partial charge >= 0.3 is 6.03 Å². The molecule has 3 aromatic rings. The highest BCUT2D eigenvalue weighted by Gasteiger charge is 2.07. The Morgan fingerprint density at radius 1 is 1.09 bits per heavy atom. The monoisotopic (exact) mass is 307 g/mol. The number of hydrogen-bond donors (Lipinski definition) is 2. The predicted octanol–water partition coefficient (Wildman–Crippen LogP) is 3.57. The van der Waals surface area contributed by atoms with Crippen molar-refractivity contribution in [1.82, 2.24) is 10.3 Å². The molecule has 2 aromatic carbocycles. The molecule has 0 aliphatic carbocycles. The first kappa shape index (κ1) is 14.8. The predicted molar refractivity (Wildman–Crippen MR) is 90.6 cm³/mol. The van der Waals surface area contributed by atoms with Gasteiger partial charge < -0.3 is 15.4 Å². The highest BCUT2D eigenvalue weighted by atomic mass is 16.5. The summed E-state index contributed by atoms with van der Waals surface area (Å²) in [4.78, 5) is 16.4. The highest BCUT2D eigenvalue weighted by molar-refractivity contribution is 6.00. The number of nitrogens with one attached hydrogen (secondary N) is 2. The van der Waals surface area contributed by atoms with Crippen LogP contribution < -0.4 is 15.4 Å². The lowest BCUT2D eigenvalue weighted by molar-refractivity contribution is 0.251. The third kappa shape index (κ3) is 3.40. The number of fused-ring (bicyclic) bond motifs is 1. The van der Waals surface area contributed by atoms with Crippen LogP contribution in [-0.2, 0) is 6.54 Å². The molecule has 116 valence electrons. The lowest BCUT2D eigenvalue weighted by Gasteiger charge is -2.11. The molecule has 1 aromatic heterocycles. The van der Waals surface area contributed by atoms with Crippen molar-refractivity contribution in [2.24, 2.45) is 0 Å². The first-order valence-corrected chi connectivity index (χ1v) is 7.28. The summed E-state index contributed by atoms with van der Waals surface area (Å²) >= 11 is 0. The maximum Gasteiger partial charge on any atom is 0.319 e. The number of anilines is 1. The van der Waals surface area contributed by atoms with Crippen LogP contribution in [0.25, 0.3) is 10.9 Å². The van der Waals surface area contributed by atoms with Crippen LogP contribution in [0.2, 0.25) is 0 Å². The molecular weight excluding hydrogens is 290 g/mol. The van der Waals surface area contributed by atoms with Gasteiger partial charge in [0.15, 0.2) is 0 Å². The topological polar surface area (TPSA) is 63.2 Å². The van der Waals surface area contributed by atoms with Gasteiger partial charge in [0.05, 0.1) is 18.3 Å². The Kier molecular flexibility index (Phi) is 4.38. The number of carbonyl (C=O) groups is 1. The van der Waals surface area contributed by atoms with Gasteiger partial charge in [0.1, 0.15) is 5.75 Å². The van der Waals surface area contributed by atoms with E-state index in [0.717, 1.165) is 27.9 Å². The van der Waals surface area contributed by atoms with Crippen molar-refractivity contribution in [2.45, 2.75) is 6.54 Å². The molecule has 0 aliphatic rings. The summed E-state index contributed by atoms with van der Waals surface area (Å²) in [5.41, 5.74) is 2.49. The van der Waals surface area contributed by atoms with E-state index < -0.39 is 0 Å². The minimum Gasteiger partial charge on any atom is -0.496 e. The normalized spacial score (nSPS) is 10.3. The molecule has 2 N–H and O–H groups in total. The van der Waals surface area contributed by atoms with E-state index in [1.807, 2.05) is 54.6 Å². The zero-order chi connectivity index (χ0) is 16.1. The van der Waals surface area contributed by atoms with Crippen LogP contribution in [0.15, 0.2) is 60.8 Å². The number of amides is 2. The summed E-state index contributed by atoms with van der Waals surface area (Å²) in [7, 11) is 1.61. The molecule has 3 rings (SSSR count). The molecule has 1 heterocycles. The average molecular weight is 307 g/mol. The molecule has 5 nitrogen and oxygen atoms in total. The van der Waals surface area contributed by atoms with Crippen LogP contribution in [0.4, 0.5) is 10.5 Å². The van der Waals surface area contributed by atoms with Crippen LogP contribution in [0, 0.1) is 0 Å². The minimum atomic E-state index is -0.271. The smallest absolute Gasteiger partial charge is 0.319 e. The molecule has 23 heavy (non-hydrogen) atoms. The Hall–Kier alpha value is -3.08. The van der Waals surface area contributed by atoms with E-state index in [0.29, 0.717) is 6.54 Å². The quantitative estimate of drug-likeness (QED) is 0.774. The molecule has 0 unspecified atom stereocenters. The lowest BCUT2D eigenvalue weighted by atomic mass is 10.2. The highest BCUT2D eigenvalue weighted by Crippen LogP contribution is 2.21. The van der Waals surface area contributed by atoms with Gasteiger partial charge in [-0.05, 0) is 30.3 Å². The fraction of sp³-hybridized carbons (Fsp3) is 0.111. The third-order valence-electron chi connectivity index (χ3n) is 3.53. The van der Waals surface area contributed by atoms with E-state index in [-0.39, 0.29) is 6.03 Å². The number of carbonyl (C=O) groups excluding carboxylic acids is 1. The van der Waals surface area contributed by atoms with Crippen molar-refractivity contribution in [3.63, 3.8) is 0 Å². The number of aromatic nitrogens is 1. The Morgan fingerprint density at radius 2 is 1.96 bits per heavy atom. The van der Waals surface area contributed by atoms with Gasteiger partial charge in [-0.2, -0.15) is 0 Å². The number of pyridine rings is 1. The van der Waals surface area contributed by atoms with E-state index in [4.69, 9.17) is 4.74 Å². The van der Waals surface area contributed by atoms with Crippen molar-refractivity contribution in [2.75, 3.05) is 12.4 Å². The maximum absolute atomic E-state index is 12.1. The lowest BCUT2D eigenvalue weighted by Crippen LogP contribution is -2.28. The van der Waals surface area contributed by atoms with Gasteiger partial charge in [0, 0.05) is 23.7 Å². The van der Waals surface area contributed by atoms with Crippen molar-refractivity contribution in [1.29, 1.82) is 0 Å². The summed E-state index contributed by atoms with van der Waals surface area (Å²) in [6, 6.07) is 16.7. The molecule has 0 atom stereocenters. The molecule has 0 spiro atoms. The van der Waals surface area contributed by atoms with Gasteiger partial charge in [-0.3, -0.25) is 4.98 Å². The minimum absolute atomic E-state index is 0.271. The molecule has 0 fully saturated rings. The molecule has 2 amide bonds. The van der Waals surface area contributed by atoms with E-state index >= 15 is 0 Å². The van der Waals surface area contributed by atoms with Crippen molar-refractivity contribution in [3.05, 3.63) is 66.4 Å². The first-order chi connectivity index (χ1) is 11.3. The van der Waals surface area contributed by atoms with Crippen LogP contribution in [0.1, 0.15) is 5.56 Å². The van der Waals surface area contributed by atoms with Crippen LogP contribution in [0.5, 0.6) is 5.75 Å². The Bertz CT molecular complexity index is 828. The van der Waals surface area contributed by atoms with E-state index in [1.54, 1.807) is 13.3 Å². The molecule has 0 saturated carbocycles. The summed E-state index contributed by atoms with van der Waals surface area (Å²) < 4.78 is 5.27. The van der Waals surface area contributed by atoms with Gasteiger partial charge in [-0.25, -0.2) is 4.79 Å².